The third-order valence-electron chi connectivity index (χ3n) is 6.58. The summed E-state index contributed by atoms with van der Waals surface area (Å²) in [7, 11) is -2.48. The number of anilines is 2. The Hall–Kier alpha value is -4.25. The SMILES string of the molecule is CN1c2ccccc2Cc2c(C(=O)N(CCCCCC(=O)O)S(=O)(=O)c3ccc([N+](=O)[O-])cc3)cccc21. The fraction of sp³-hybridized carbons (Fsp3) is 0.259. The molecule has 1 heterocycles. The minimum atomic E-state index is -4.36. The van der Waals surface area contributed by atoms with Crippen molar-refractivity contribution in [3.05, 3.63) is 93.5 Å². The standard InChI is InChI=1S/C27H27N3O7S/c1-28-24-10-5-4-8-19(24)18-23-22(9-7-11-25(23)28)27(33)29(17-6-2-3-12-26(31)32)38(36,37)21-15-13-20(14-16-21)30(34)35/h4-5,7-11,13-16H,2-3,6,12,17-18H2,1H3,(H,31,32). The van der Waals surface area contributed by atoms with Crippen molar-refractivity contribution in [1.82, 2.24) is 4.31 Å². The molecule has 0 atom stereocenters. The lowest BCUT2D eigenvalue weighted by molar-refractivity contribution is -0.384. The highest BCUT2D eigenvalue weighted by atomic mass is 32.2. The summed E-state index contributed by atoms with van der Waals surface area (Å²) in [4.78, 5) is 36.9. The Labute approximate surface area is 220 Å². The number of hydrogen-bond acceptors (Lipinski definition) is 7. The van der Waals surface area contributed by atoms with E-state index in [9.17, 15) is 28.1 Å². The van der Waals surface area contributed by atoms with E-state index in [1.54, 1.807) is 12.1 Å². The number of carboxylic acid groups (broad SMARTS) is 1. The zero-order valence-corrected chi connectivity index (χ0v) is 21.6. The molecule has 4 rings (SSSR count). The summed E-state index contributed by atoms with van der Waals surface area (Å²) in [5.74, 6) is -1.65. The minimum Gasteiger partial charge on any atom is -0.481 e. The van der Waals surface area contributed by atoms with Crippen molar-refractivity contribution in [1.29, 1.82) is 0 Å². The molecule has 1 N–H and O–H groups in total. The summed E-state index contributed by atoms with van der Waals surface area (Å²) in [5.41, 5.74) is 3.48. The summed E-state index contributed by atoms with van der Waals surface area (Å²) >= 11 is 0. The van der Waals surface area contributed by atoms with Crippen molar-refractivity contribution in [3.63, 3.8) is 0 Å². The normalized spacial score (nSPS) is 12.4. The van der Waals surface area contributed by atoms with Crippen LogP contribution in [0.5, 0.6) is 0 Å². The van der Waals surface area contributed by atoms with Gasteiger partial charge in [0.1, 0.15) is 0 Å². The van der Waals surface area contributed by atoms with Crippen LogP contribution in [-0.4, -0.2) is 48.2 Å². The van der Waals surface area contributed by atoms with E-state index in [1.807, 2.05) is 42.3 Å². The number of carbonyl (C=O) groups excluding carboxylic acids is 1. The molecule has 1 aliphatic heterocycles. The van der Waals surface area contributed by atoms with Crippen molar-refractivity contribution in [3.8, 4) is 0 Å². The zero-order chi connectivity index (χ0) is 27.4. The molecule has 0 aliphatic carbocycles. The predicted octanol–water partition coefficient (Wildman–Crippen LogP) is 4.74. The van der Waals surface area contributed by atoms with Gasteiger partial charge in [0.25, 0.3) is 21.6 Å². The molecule has 0 unspecified atom stereocenters. The third-order valence-corrected chi connectivity index (χ3v) is 8.37. The van der Waals surface area contributed by atoms with E-state index in [0.717, 1.165) is 45.5 Å². The van der Waals surface area contributed by atoms with Crippen LogP contribution in [0.4, 0.5) is 17.1 Å². The maximum Gasteiger partial charge on any atom is 0.303 e. The van der Waals surface area contributed by atoms with Crippen molar-refractivity contribution in [2.75, 3.05) is 18.5 Å². The molecule has 198 valence electrons. The van der Waals surface area contributed by atoms with Crippen molar-refractivity contribution >= 4 is 39.0 Å². The first-order valence-electron chi connectivity index (χ1n) is 12.1. The number of nitro groups is 1. The Morgan fingerprint density at radius 1 is 0.974 bits per heavy atom. The topological polar surface area (TPSA) is 138 Å². The fourth-order valence-electron chi connectivity index (χ4n) is 4.62. The molecule has 0 radical (unpaired) electrons. The Morgan fingerprint density at radius 3 is 2.34 bits per heavy atom. The highest BCUT2D eigenvalue weighted by Crippen LogP contribution is 2.39. The number of carbonyl (C=O) groups is 2. The number of hydrogen-bond donors (Lipinski definition) is 1. The first kappa shape index (κ1) is 26.8. The number of nitrogens with zero attached hydrogens (tertiary/aromatic N) is 3. The second-order valence-electron chi connectivity index (χ2n) is 9.01. The number of amides is 1. The van der Waals surface area contributed by atoms with E-state index in [1.165, 1.54) is 0 Å². The molecule has 0 saturated carbocycles. The average molecular weight is 538 g/mol. The average Bonchev–Trinajstić information content (AvgIpc) is 2.90. The number of carboxylic acids is 1. The zero-order valence-electron chi connectivity index (χ0n) is 20.7. The van der Waals surface area contributed by atoms with Crippen LogP contribution < -0.4 is 4.90 Å². The number of nitro benzene ring substituents is 1. The summed E-state index contributed by atoms with van der Waals surface area (Å²) in [6.07, 6.45) is 1.41. The van der Waals surface area contributed by atoms with Crippen LogP contribution in [0.3, 0.4) is 0 Å². The van der Waals surface area contributed by atoms with Gasteiger partial charge in [-0.1, -0.05) is 30.7 Å². The predicted molar refractivity (Wildman–Crippen MR) is 141 cm³/mol. The van der Waals surface area contributed by atoms with Gasteiger partial charge in [0.2, 0.25) is 0 Å². The number of rotatable bonds is 10. The van der Waals surface area contributed by atoms with Crippen molar-refractivity contribution < 1.29 is 28.0 Å². The monoisotopic (exact) mass is 537 g/mol. The minimum absolute atomic E-state index is 0.0546. The molecule has 3 aromatic rings. The number of non-ortho nitro benzene ring substituents is 1. The third kappa shape index (κ3) is 5.37. The summed E-state index contributed by atoms with van der Waals surface area (Å²) in [5, 5.41) is 19.9. The molecule has 0 bridgehead atoms. The maximum absolute atomic E-state index is 13.9. The Kier molecular flexibility index (Phi) is 7.77. The second-order valence-corrected chi connectivity index (χ2v) is 10.9. The lowest BCUT2D eigenvalue weighted by Crippen LogP contribution is -2.38. The molecule has 11 heteroatoms. The summed E-state index contributed by atoms with van der Waals surface area (Å²) < 4.78 is 28.1. The number of aliphatic carboxylic acids is 1. The van der Waals surface area contributed by atoms with Gasteiger partial charge in [-0.2, -0.15) is 0 Å². The van der Waals surface area contributed by atoms with Gasteiger partial charge in [-0.3, -0.25) is 19.7 Å². The highest BCUT2D eigenvalue weighted by molar-refractivity contribution is 7.89. The molecular formula is C27H27N3O7S. The first-order valence-corrected chi connectivity index (χ1v) is 13.5. The molecule has 1 aliphatic rings. The molecule has 1 amide bonds. The smallest absolute Gasteiger partial charge is 0.303 e. The van der Waals surface area contributed by atoms with Gasteiger partial charge >= 0.3 is 5.97 Å². The van der Waals surface area contributed by atoms with Gasteiger partial charge in [-0.25, -0.2) is 12.7 Å². The van der Waals surface area contributed by atoms with Gasteiger partial charge in [0, 0.05) is 55.5 Å². The van der Waals surface area contributed by atoms with E-state index in [0.29, 0.717) is 24.8 Å². The summed E-state index contributed by atoms with van der Waals surface area (Å²) in [6, 6.07) is 17.4. The number of para-hydroxylation sites is 1. The molecule has 0 saturated heterocycles. The fourth-order valence-corrected chi connectivity index (χ4v) is 6.04. The Bertz CT molecular complexity index is 1490. The maximum atomic E-state index is 13.9. The van der Waals surface area contributed by atoms with Crippen molar-refractivity contribution in [2.24, 2.45) is 0 Å². The highest BCUT2D eigenvalue weighted by Gasteiger charge is 2.33. The van der Waals surface area contributed by atoms with Gasteiger partial charge in [0.05, 0.1) is 9.82 Å². The van der Waals surface area contributed by atoms with Crippen LogP contribution in [0, 0.1) is 10.1 Å². The van der Waals surface area contributed by atoms with Crippen LogP contribution in [0.15, 0.2) is 71.6 Å². The van der Waals surface area contributed by atoms with Gasteiger partial charge in [-0.15, -0.1) is 0 Å². The number of sulfonamides is 1. The van der Waals surface area contributed by atoms with E-state index < -0.39 is 26.8 Å². The molecule has 0 spiro atoms. The quantitative estimate of drug-likeness (QED) is 0.222. The molecule has 10 nitrogen and oxygen atoms in total. The lowest BCUT2D eigenvalue weighted by Gasteiger charge is -2.32. The molecule has 3 aromatic carbocycles. The Balaban J connectivity index is 1.70. The summed E-state index contributed by atoms with van der Waals surface area (Å²) in [6.45, 7) is -0.159. The number of fused-ring (bicyclic) bond motifs is 2. The van der Waals surface area contributed by atoms with Gasteiger partial charge in [0.15, 0.2) is 0 Å². The van der Waals surface area contributed by atoms with E-state index in [-0.39, 0.29) is 35.5 Å². The number of benzene rings is 3. The second kappa shape index (κ2) is 11.0. The molecule has 0 fully saturated rings. The van der Waals surface area contributed by atoms with E-state index in [4.69, 9.17) is 5.11 Å². The van der Waals surface area contributed by atoms with E-state index >= 15 is 0 Å². The molecular weight excluding hydrogens is 510 g/mol. The molecule has 0 aromatic heterocycles. The van der Waals surface area contributed by atoms with Gasteiger partial charge in [-0.05, 0) is 54.3 Å². The first-order chi connectivity index (χ1) is 18.1. The molecule has 38 heavy (non-hydrogen) atoms. The van der Waals surface area contributed by atoms with Crippen LogP contribution >= 0.6 is 0 Å². The van der Waals surface area contributed by atoms with Gasteiger partial charge < -0.3 is 10.0 Å². The Morgan fingerprint density at radius 2 is 1.66 bits per heavy atom. The largest absolute Gasteiger partial charge is 0.481 e. The number of unbranched alkanes of at least 4 members (excludes halogenated alkanes) is 2. The van der Waals surface area contributed by atoms with Crippen LogP contribution in [-0.2, 0) is 21.2 Å². The van der Waals surface area contributed by atoms with Crippen molar-refractivity contribution in [2.45, 2.75) is 37.0 Å². The van der Waals surface area contributed by atoms with Crippen LogP contribution in [0.25, 0.3) is 0 Å². The lowest BCUT2D eigenvalue weighted by atomic mass is 9.92. The van der Waals surface area contributed by atoms with E-state index in [2.05, 4.69) is 0 Å². The van der Waals surface area contributed by atoms with Crippen LogP contribution in [0.2, 0.25) is 0 Å². The van der Waals surface area contributed by atoms with Crippen LogP contribution in [0.1, 0.15) is 47.2 Å².